The van der Waals surface area contributed by atoms with Crippen molar-refractivity contribution in [3.05, 3.63) is 33.9 Å². The first-order valence-electron chi connectivity index (χ1n) is 5.78. The molecule has 0 radical (unpaired) electrons. The number of hydrogen-bond acceptors (Lipinski definition) is 4. The Hall–Kier alpha value is -2.12. The van der Waals surface area contributed by atoms with E-state index in [0.717, 1.165) is 12.1 Å². The Kier molecular flexibility index (Phi) is 3.19. The highest BCUT2D eigenvalue weighted by atomic mass is 19.4. The number of alkyl halides is 3. The smallest absolute Gasteiger partial charge is 0.330 e. The Morgan fingerprint density at radius 2 is 2.05 bits per heavy atom. The van der Waals surface area contributed by atoms with E-state index in [0.29, 0.717) is 6.54 Å². The monoisotopic (exact) mass is 287 g/mol. The molecule has 0 aromatic heterocycles. The lowest BCUT2D eigenvalue weighted by Gasteiger charge is -2.20. The van der Waals surface area contributed by atoms with Crippen LogP contribution >= 0.6 is 0 Å². The number of aliphatic imine (C=N–C) groups is 1. The Morgan fingerprint density at radius 3 is 2.50 bits per heavy atom. The highest BCUT2D eigenvalue weighted by Crippen LogP contribution is 2.38. The zero-order chi connectivity index (χ0) is 15.1. The van der Waals surface area contributed by atoms with E-state index in [1.165, 1.54) is 12.4 Å². The second-order valence-electron chi connectivity index (χ2n) is 5.14. The SMILES string of the molecule is CC1(C)CN(c2ccc([N+](=O)[O-])c(C(F)(F)F)c2)C=N1. The first kappa shape index (κ1) is 14.3. The van der Waals surface area contributed by atoms with E-state index < -0.39 is 22.4 Å². The van der Waals surface area contributed by atoms with Crippen LogP contribution in [0.3, 0.4) is 0 Å². The summed E-state index contributed by atoms with van der Waals surface area (Å²) in [4.78, 5) is 15.3. The molecule has 0 unspecified atom stereocenters. The quantitative estimate of drug-likeness (QED) is 0.619. The van der Waals surface area contributed by atoms with Crippen molar-refractivity contribution in [2.75, 3.05) is 11.4 Å². The van der Waals surface area contributed by atoms with E-state index >= 15 is 0 Å². The van der Waals surface area contributed by atoms with Crippen LogP contribution < -0.4 is 4.90 Å². The van der Waals surface area contributed by atoms with E-state index in [1.54, 1.807) is 4.90 Å². The summed E-state index contributed by atoms with van der Waals surface area (Å²) in [6, 6.07) is 2.95. The van der Waals surface area contributed by atoms with Crippen LogP contribution in [-0.2, 0) is 6.18 Å². The molecular formula is C12H12F3N3O2. The van der Waals surface area contributed by atoms with Gasteiger partial charge >= 0.3 is 6.18 Å². The summed E-state index contributed by atoms with van der Waals surface area (Å²) in [6.07, 6.45) is -3.33. The molecule has 1 aromatic rings. The number of nitro benzene ring substituents is 1. The first-order chi connectivity index (χ1) is 9.10. The Labute approximate surface area is 112 Å². The molecule has 0 fully saturated rings. The van der Waals surface area contributed by atoms with Crippen molar-refractivity contribution < 1.29 is 18.1 Å². The third-order valence-corrected chi connectivity index (χ3v) is 2.92. The van der Waals surface area contributed by atoms with E-state index in [2.05, 4.69) is 4.99 Å². The highest BCUT2D eigenvalue weighted by Gasteiger charge is 2.39. The summed E-state index contributed by atoms with van der Waals surface area (Å²) in [7, 11) is 0. The minimum absolute atomic E-state index is 0.234. The number of benzene rings is 1. The average molecular weight is 287 g/mol. The van der Waals surface area contributed by atoms with E-state index in [-0.39, 0.29) is 11.2 Å². The van der Waals surface area contributed by atoms with Crippen LogP contribution in [0, 0.1) is 10.1 Å². The molecule has 0 N–H and O–H groups in total. The number of hydrogen-bond donors (Lipinski definition) is 0. The fourth-order valence-electron chi connectivity index (χ4n) is 1.97. The largest absolute Gasteiger partial charge is 0.423 e. The van der Waals surface area contributed by atoms with E-state index in [9.17, 15) is 23.3 Å². The third-order valence-electron chi connectivity index (χ3n) is 2.92. The standard InChI is InChI=1S/C12H12F3N3O2/c1-11(2)6-17(7-16-11)8-3-4-10(18(19)20)9(5-8)12(13,14)15/h3-5,7H,6H2,1-2H3. The van der Waals surface area contributed by atoms with Gasteiger partial charge in [-0.3, -0.25) is 15.1 Å². The molecule has 1 aliphatic rings. The van der Waals surface area contributed by atoms with Gasteiger partial charge in [0.1, 0.15) is 5.56 Å². The minimum atomic E-state index is -4.77. The van der Waals surface area contributed by atoms with Crippen LogP contribution in [0.4, 0.5) is 24.5 Å². The fraction of sp³-hybridized carbons (Fsp3) is 0.417. The van der Waals surface area contributed by atoms with Crippen molar-refractivity contribution in [2.45, 2.75) is 25.6 Å². The lowest BCUT2D eigenvalue weighted by molar-refractivity contribution is -0.388. The maximum absolute atomic E-state index is 12.9. The number of nitro groups is 1. The normalized spacial score (nSPS) is 17.6. The molecule has 1 heterocycles. The maximum atomic E-state index is 12.9. The molecule has 0 aliphatic carbocycles. The molecule has 108 valence electrons. The molecule has 0 spiro atoms. The summed E-state index contributed by atoms with van der Waals surface area (Å²) >= 11 is 0. The van der Waals surface area contributed by atoms with Crippen LogP contribution in [0.1, 0.15) is 19.4 Å². The van der Waals surface area contributed by atoms with Gasteiger partial charge in [-0.25, -0.2) is 0 Å². The van der Waals surface area contributed by atoms with Gasteiger partial charge in [-0.05, 0) is 26.0 Å². The van der Waals surface area contributed by atoms with Gasteiger partial charge in [-0.1, -0.05) is 0 Å². The summed E-state index contributed by atoms with van der Waals surface area (Å²) in [6.45, 7) is 4.11. The predicted molar refractivity (Wildman–Crippen MR) is 68.0 cm³/mol. The second-order valence-corrected chi connectivity index (χ2v) is 5.14. The average Bonchev–Trinajstić information content (AvgIpc) is 2.67. The molecule has 0 saturated carbocycles. The first-order valence-corrected chi connectivity index (χ1v) is 5.78. The molecule has 0 saturated heterocycles. The molecule has 0 amide bonds. The number of rotatable bonds is 2. The summed E-state index contributed by atoms with van der Waals surface area (Å²) in [5.41, 5.74) is -2.35. The van der Waals surface area contributed by atoms with Gasteiger partial charge in [0.15, 0.2) is 0 Å². The molecule has 1 aliphatic heterocycles. The van der Waals surface area contributed by atoms with Gasteiger partial charge in [0.2, 0.25) is 0 Å². The maximum Gasteiger partial charge on any atom is 0.423 e. The number of anilines is 1. The lowest BCUT2D eigenvalue weighted by Crippen LogP contribution is -2.29. The van der Waals surface area contributed by atoms with Crippen molar-refractivity contribution in [1.29, 1.82) is 0 Å². The van der Waals surface area contributed by atoms with Gasteiger partial charge in [-0.15, -0.1) is 0 Å². The Balaban J connectivity index is 2.44. The van der Waals surface area contributed by atoms with Gasteiger partial charge in [0.25, 0.3) is 5.69 Å². The third kappa shape index (κ3) is 2.73. The summed E-state index contributed by atoms with van der Waals surface area (Å²) in [5, 5.41) is 10.7. The van der Waals surface area contributed by atoms with Gasteiger partial charge in [0.05, 0.1) is 16.8 Å². The zero-order valence-electron chi connectivity index (χ0n) is 10.8. The van der Waals surface area contributed by atoms with Gasteiger partial charge in [-0.2, -0.15) is 13.2 Å². The Bertz CT molecular complexity index is 582. The molecule has 0 bridgehead atoms. The second kappa shape index (κ2) is 4.46. The van der Waals surface area contributed by atoms with Crippen molar-refractivity contribution in [3.63, 3.8) is 0 Å². The molecule has 5 nitrogen and oxygen atoms in total. The summed E-state index contributed by atoms with van der Waals surface area (Å²) < 4.78 is 38.6. The van der Waals surface area contributed by atoms with Crippen molar-refractivity contribution in [3.8, 4) is 0 Å². The molecule has 8 heteroatoms. The fourth-order valence-corrected chi connectivity index (χ4v) is 1.97. The molecule has 20 heavy (non-hydrogen) atoms. The molecule has 2 rings (SSSR count). The molecular weight excluding hydrogens is 275 g/mol. The zero-order valence-corrected chi connectivity index (χ0v) is 10.8. The topological polar surface area (TPSA) is 58.7 Å². The number of nitrogens with zero attached hydrogens (tertiary/aromatic N) is 3. The summed E-state index contributed by atoms with van der Waals surface area (Å²) in [5.74, 6) is 0. The van der Waals surface area contributed by atoms with Crippen LogP contribution in [-0.4, -0.2) is 23.3 Å². The lowest BCUT2D eigenvalue weighted by atomic mass is 10.1. The van der Waals surface area contributed by atoms with Gasteiger partial charge in [0, 0.05) is 18.3 Å². The minimum Gasteiger partial charge on any atom is -0.330 e. The van der Waals surface area contributed by atoms with E-state index in [4.69, 9.17) is 0 Å². The predicted octanol–water partition coefficient (Wildman–Crippen LogP) is 3.24. The van der Waals surface area contributed by atoms with Crippen molar-refractivity contribution in [1.82, 2.24) is 0 Å². The van der Waals surface area contributed by atoms with Crippen LogP contribution in [0.25, 0.3) is 0 Å². The molecule has 1 aromatic carbocycles. The molecule has 0 atom stereocenters. The Morgan fingerprint density at radius 1 is 1.40 bits per heavy atom. The van der Waals surface area contributed by atoms with Crippen molar-refractivity contribution in [2.24, 2.45) is 4.99 Å². The highest BCUT2D eigenvalue weighted by molar-refractivity contribution is 5.82. The van der Waals surface area contributed by atoms with Crippen molar-refractivity contribution >= 4 is 17.7 Å². The van der Waals surface area contributed by atoms with Gasteiger partial charge < -0.3 is 4.90 Å². The number of halogens is 3. The van der Waals surface area contributed by atoms with Crippen LogP contribution in [0.15, 0.2) is 23.2 Å². The van der Waals surface area contributed by atoms with Crippen LogP contribution in [0.5, 0.6) is 0 Å². The van der Waals surface area contributed by atoms with Crippen LogP contribution in [0.2, 0.25) is 0 Å². The van der Waals surface area contributed by atoms with E-state index in [1.807, 2.05) is 13.8 Å².